The molecule has 0 saturated carbocycles. The van der Waals surface area contributed by atoms with E-state index in [0.717, 1.165) is 23.4 Å². The molecule has 10 heteroatoms. The Bertz CT molecular complexity index is 1470. The summed E-state index contributed by atoms with van der Waals surface area (Å²) in [5, 5.41) is 8.14. The van der Waals surface area contributed by atoms with Crippen LogP contribution in [0.2, 0.25) is 0 Å². The largest absolute Gasteiger partial charge is 0.492 e. The Morgan fingerprint density at radius 3 is 2.19 bits per heavy atom. The second kappa shape index (κ2) is 9.57. The smallest absolute Gasteiger partial charge is 0.416 e. The number of anilines is 2. The van der Waals surface area contributed by atoms with E-state index in [-0.39, 0.29) is 5.82 Å². The summed E-state index contributed by atoms with van der Waals surface area (Å²) in [7, 11) is 0. The third-order valence-corrected chi connectivity index (χ3v) is 5.45. The van der Waals surface area contributed by atoms with E-state index in [1.165, 1.54) is 16.8 Å². The molecular weight excluding hydrogens is 469 g/mol. The Kier molecular flexibility index (Phi) is 6.16. The van der Waals surface area contributed by atoms with Gasteiger partial charge < -0.3 is 15.8 Å². The van der Waals surface area contributed by atoms with Crippen molar-refractivity contribution in [3.63, 3.8) is 0 Å². The third kappa shape index (κ3) is 4.78. The SMILES string of the molecule is Nc1c2c(-c3ccccc3)nc(NCCOc3ccccc3)nc2nn1-c1ccc(C(F)(F)F)cc1. The molecule has 0 aliphatic carbocycles. The molecule has 36 heavy (non-hydrogen) atoms. The van der Waals surface area contributed by atoms with Crippen LogP contribution in [0.1, 0.15) is 5.56 Å². The minimum Gasteiger partial charge on any atom is -0.492 e. The molecule has 0 bridgehead atoms. The highest BCUT2D eigenvalue weighted by atomic mass is 19.4. The molecular formula is C26H21F3N6O. The minimum atomic E-state index is -4.43. The van der Waals surface area contributed by atoms with Gasteiger partial charge in [-0.25, -0.2) is 9.67 Å². The van der Waals surface area contributed by atoms with Gasteiger partial charge in [-0.2, -0.15) is 18.2 Å². The van der Waals surface area contributed by atoms with Crippen LogP contribution >= 0.6 is 0 Å². The molecule has 0 amide bonds. The van der Waals surface area contributed by atoms with Crippen LogP contribution in [0.5, 0.6) is 5.75 Å². The summed E-state index contributed by atoms with van der Waals surface area (Å²) in [4.78, 5) is 9.17. The molecule has 3 aromatic carbocycles. The van der Waals surface area contributed by atoms with Gasteiger partial charge in [0.25, 0.3) is 0 Å². The van der Waals surface area contributed by atoms with Gasteiger partial charge in [0.15, 0.2) is 5.65 Å². The van der Waals surface area contributed by atoms with Crippen molar-refractivity contribution in [2.75, 3.05) is 24.2 Å². The monoisotopic (exact) mass is 490 g/mol. The average molecular weight is 490 g/mol. The van der Waals surface area contributed by atoms with Crippen molar-refractivity contribution in [2.45, 2.75) is 6.18 Å². The van der Waals surface area contributed by atoms with Gasteiger partial charge in [-0.3, -0.25) is 0 Å². The molecule has 0 unspecified atom stereocenters. The zero-order valence-corrected chi connectivity index (χ0v) is 18.9. The van der Waals surface area contributed by atoms with Crippen molar-refractivity contribution >= 4 is 22.8 Å². The summed E-state index contributed by atoms with van der Waals surface area (Å²) in [5.74, 6) is 1.31. The standard InChI is InChI=1S/C26H21F3N6O/c27-26(28,29)18-11-13-19(14-12-18)35-23(30)21-22(17-7-3-1-4-8-17)32-25(33-24(21)34-35)31-15-16-36-20-9-5-2-6-10-20/h1-14H,15-16,30H2,(H,31,33,34). The molecule has 0 fully saturated rings. The van der Waals surface area contributed by atoms with Gasteiger partial charge in [0.2, 0.25) is 5.95 Å². The number of para-hydroxylation sites is 1. The van der Waals surface area contributed by atoms with Crippen LogP contribution in [0.3, 0.4) is 0 Å². The van der Waals surface area contributed by atoms with E-state index < -0.39 is 11.7 Å². The first-order chi connectivity index (χ1) is 17.4. The van der Waals surface area contributed by atoms with Gasteiger partial charge in [-0.1, -0.05) is 48.5 Å². The van der Waals surface area contributed by atoms with Crippen molar-refractivity contribution in [3.8, 4) is 22.7 Å². The van der Waals surface area contributed by atoms with Crippen LogP contribution in [0.25, 0.3) is 28.0 Å². The molecule has 0 saturated heterocycles. The molecule has 182 valence electrons. The summed E-state index contributed by atoms with van der Waals surface area (Å²) >= 11 is 0. The maximum atomic E-state index is 13.0. The minimum absolute atomic E-state index is 0.225. The van der Waals surface area contributed by atoms with Crippen LogP contribution in [0.4, 0.5) is 24.9 Å². The topological polar surface area (TPSA) is 90.9 Å². The summed E-state index contributed by atoms with van der Waals surface area (Å²) < 4.78 is 46.1. The fourth-order valence-corrected chi connectivity index (χ4v) is 3.73. The van der Waals surface area contributed by atoms with Gasteiger partial charge in [-0.15, -0.1) is 5.10 Å². The first-order valence-corrected chi connectivity index (χ1v) is 11.1. The van der Waals surface area contributed by atoms with Crippen molar-refractivity contribution in [1.29, 1.82) is 0 Å². The molecule has 0 radical (unpaired) electrons. The van der Waals surface area contributed by atoms with E-state index >= 15 is 0 Å². The summed E-state index contributed by atoms with van der Waals surface area (Å²) in [6, 6.07) is 23.5. The molecule has 2 aromatic heterocycles. The number of ether oxygens (including phenoxy) is 1. The fraction of sp³-hybridized carbons (Fsp3) is 0.115. The summed E-state index contributed by atoms with van der Waals surface area (Å²) in [6.07, 6.45) is -4.43. The van der Waals surface area contributed by atoms with E-state index in [0.29, 0.717) is 41.5 Å². The summed E-state index contributed by atoms with van der Waals surface area (Å²) in [6.45, 7) is 0.817. The second-order valence-corrected chi connectivity index (χ2v) is 7.89. The van der Waals surface area contributed by atoms with Gasteiger partial charge >= 0.3 is 6.18 Å². The Morgan fingerprint density at radius 1 is 0.861 bits per heavy atom. The first kappa shape index (κ1) is 23.2. The lowest BCUT2D eigenvalue weighted by atomic mass is 10.1. The number of nitrogens with two attached hydrogens (primary N) is 1. The van der Waals surface area contributed by atoms with Crippen molar-refractivity contribution in [3.05, 3.63) is 90.5 Å². The van der Waals surface area contributed by atoms with Crippen LogP contribution in [-0.2, 0) is 6.18 Å². The van der Waals surface area contributed by atoms with E-state index in [1.807, 2.05) is 60.7 Å². The third-order valence-electron chi connectivity index (χ3n) is 5.45. The molecule has 0 spiro atoms. The van der Waals surface area contributed by atoms with Gasteiger partial charge in [-0.05, 0) is 36.4 Å². The number of aromatic nitrogens is 4. The second-order valence-electron chi connectivity index (χ2n) is 7.89. The number of fused-ring (bicyclic) bond motifs is 1. The summed E-state index contributed by atoms with van der Waals surface area (Å²) in [5.41, 5.74) is 7.72. The molecule has 5 rings (SSSR count). The Labute approximate surface area is 204 Å². The predicted octanol–water partition coefficient (Wildman–Crippen LogP) is 5.57. The van der Waals surface area contributed by atoms with E-state index in [1.54, 1.807) is 0 Å². The number of nitrogens with one attached hydrogen (secondary N) is 1. The number of benzene rings is 3. The molecule has 3 N–H and O–H groups in total. The number of hydrogen-bond donors (Lipinski definition) is 2. The number of nitrogens with zero attached hydrogens (tertiary/aromatic N) is 4. The van der Waals surface area contributed by atoms with Crippen LogP contribution < -0.4 is 15.8 Å². The van der Waals surface area contributed by atoms with Crippen LogP contribution in [0, 0.1) is 0 Å². The molecule has 7 nitrogen and oxygen atoms in total. The zero-order chi connectivity index (χ0) is 25.1. The Balaban J connectivity index is 1.49. The highest BCUT2D eigenvalue weighted by Gasteiger charge is 2.30. The van der Waals surface area contributed by atoms with Crippen molar-refractivity contribution < 1.29 is 17.9 Å². The predicted molar refractivity (Wildman–Crippen MR) is 132 cm³/mol. The molecule has 0 aliphatic heterocycles. The number of rotatable bonds is 7. The lowest BCUT2D eigenvalue weighted by molar-refractivity contribution is -0.137. The first-order valence-electron chi connectivity index (χ1n) is 11.1. The van der Waals surface area contributed by atoms with Gasteiger partial charge in [0.05, 0.1) is 28.9 Å². The number of halogens is 3. The van der Waals surface area contributed by atoms with Crippen molar-refractivity contribution in [2.24, 2.45) is 0 Å². The normalized spacial score (nSPS) is 11.5. The highest BCUT2D eigenvalue weighted by Crippen LogP contribution is 2.34. The Hall–Kier alpha value is -4.60. The molecule has 5 aromatic rings. The quantitative estimate of drug-likeness (QED) is 0.290. The lowest BCUT2D eigenvalue weighted by Gasteiger charge is -2.10. The lowest BCUT2D eigenvalue weighted by Crippen LogP contribution is -2.13. The van der Waals surface area contributed by atoms with Crippen LogP contribution in [-0.4, -0.2) is 32.9 Å². The Morgan fingerprint density at radius 2 is 1.53 bits per heavy atom. The highest BCUT2D eigenvalue weighted by molar-refractivity contribution is 5.99. The fourth-order valence-electron chi connectivity index (χ4n) is 3.73. The number of alkyl halides is 3. The van der Waals surface area contributed by atoms with Gasteiger partial charge in [0.1, 0.15) is 18.2 Å². The maximum Gasteiger partial charge on any atom is 0.416 e. The van der Waals surface area contributed by atoms with Crippen molar-refractivity contribution in [1.82, 2.24) is 19.7 Å². The number of hydrogen-bond acceptors (Lipinski definition) is 6. The van der Waals surface area contributed by atoms with Crippen LogP contribution in [0.15, 0.2) is 84.9 Å². The van der Waals surface area contributed by atoms with E-state index in [2.05, 4.69) is 20.4 Å². The molecule has 0 aliphatic rings. The van der Waals surface area contributed by atoms with Gasteiger partial charge in [0, 0.05) is 5.56 Å². The molecule has 2 heterocycles. The van der Waals surface area contributed by atoms with E-state index in [4.69, 9.17) is 10.5 Å². The molecule has 0 atom stereocenters. The van der Waals surface area contributed by atoms with E-state index in [9.17, 15) is 13.2 Å². The zero-order valence-electron chi connectivity index (χ0n) is 18.9. The average Bonchev–Trinajstić information content (AvgIpc) is 3.23. The maximum absolute atomic E-state index is 13.0. The number of nitrogen functional groups attached to an aromatic ring is 1.